The zero-order chi connectivity index (χ0) is 15.6. The molecule has 21 heavy (non-hydrogen) atoms. The number of sulfonamides is 1. The summed E-state index contributed by atoms with van der Waals surface area (Å²) in [5.74, 6) is -1.24. The molecule has 2 N–H and O–H groups in total. The van der Waals surface area contributed by atoms with Gasteiger partial charge in [-0.1, -0.05) is 0 Å². The SMILES string of the molecule is Cc1csc(C(=O)O)c1S(=O)(=O)NCCc1cnn(C)c1. The van der Waals surface area contributed by atoms with Crippen LogP contribution in [0.25, 0.3) is 0 Å². The maximum absolute atomic E-state index is 12.2. The average molecular weight is 329 g/mol. The number of aromatic nitrogens is 2. The Kier molecular flexibility index (Phi) is 4.45. The van der Waals surface area contributed by atoms with Crippen molar-refractivity contribution in [1.29, 1.82) is 0 Å². The highest BCUT2D eigenvalue weighted by molar-refractivity contribution is 7.89. The molecule has 0 aliphatic heterocycles. The zero-order valence-corrected chi connectivity index (χ0v) is 13.2. The molecule has 0 aliphatic carbocycles. The molecule has 0 aliphatic rings. The van der Waals surface area contributed by atoms with Crippen LogP contribution in [0.1, 0.15) is 20.8 Å². The molecular weight excluding hydrogens is 314 g/mol. The van der Waals surface area contributed by atoms with Gasteiger partial charge < -0.3 is 5.11 Å². The standard InChI is InChI=1S/C12H15N3O4S2/c1-8-7-20-10(12(16)17)11(8)21(18,19)14-4-3-9-5-13-15(2)6-9/h5-7,14H,3-4H2,1-2H3,(H,16,17). The highest BCUT2D eigenvalue weighted by Crippen LogP contribution is 2.26. The second-order valence-corrected chi connectivity index (χ2v) is 7.14. The van der Waals surface area contributed by atoms with Crippen LogP contribution in [0, 0.1) is 6.92 Å². The van der Waals surface area contributed by atoms with Gasteiger partial charge in [0.15, 0.2) is 0 Å². The van der Waals surface area contributed by atoms with Crippen molar-refractivity contribution in [2.45, 2.75) is 18.2 Å². The number of hydrogen-bond acceptors (Lipinski definition) is 5. The van der Waals surface area contributed by atoms with E-state index in [1.54, 1.807) is 31.0 Å². The smallest absolute Gasteiger partial charge is 0.347 e. The van der Waals surface area contributed by atoms with Crippen LogP contribution in [-0.4, -0.2) is 35.8 Å². The molecule has 2 aromatic rings. The normalized spacial score (nSPS) is 11.7. The number of rotatable bonds is 6. The Morgan fingerprint density at radius 2 is 2.24 bits per heavy atom. The summed E-state index contributed by atoms with van der Waals surface area (Å²) in [5, 5.41) is 14.6. The van der Waals surface area contributed by atoms with Crippen molar-refractivity contribution in [3.8, 4) is 0 Å². The van der Waals surface area contributed by atoms with Crippen LogP contribution in [0.4, 0.5) is 0 Å². The molecule has 114 valence electrons. The summed E-state index contributed by atoms with van der Waals surface area (Å²) in [5.41, 5.74) is 1.34. The number of carbonyl (C=O) groups is 1. The molecular formula is C12H15N3O4S2. The van der Waals surface area contributed by atoms with Gasteiger partial charge in [0.25, 0.3) is 0 Å². The molecule has 9 heteroatoms. The maximum Gasteiger partial charge on any atom is 0.347 e. The summed E-state index contributed by atoms with van der Waals surface area (Å²) in [6, 6.07) is 0. The lowest BCUT2D eigenvalue weighted by Gasteiger charge is -2.07. The number of carboxylic acids is 1. The number of hydrogen-bond donors (Lipinski definition) is 2. The van der Waals surface area contributed by atoms with E-state index >= 15 is 0 Å². The van der Waals surface area contributed by atoms with Gasteiger partial charge >= 0.3 is 5.97 Å². The van der Waals surface area contributed by atoms with Gasteiger partial charge in [0.05, 0.1) is 6.20 Å². The molecule has 2 rings (SSSR count). The van der Waals surface area contributed by atoms with Crippen LogP contribution >= 0.6 is 11.3 Å². The fourth-order valence-electron chi connectivity index (χ4n) is 1.92. The van der Waals surface area contributed by atoms with Crippen molar-refractivity contribution < 1.29 is 18.3 Å². The lowest BCUT2D eigenvalue weighted by molar-refractivity contribution is 0.0698. The molecule has 0 amide bonds. The van der Waals surface area contributed by atoms with E-state index in [9.17, 15) is 13.2 Å². The highest BCUT2D eigenvalue weighted by atomic mass is 32.2. The Balaban J connectivity index is 2.12. The van der Waals surface area contributed by atoms with Gasteiger partial charge in [-0.2, -0.15) is 5.10 Å². The van der Waals surface area contributed by atoms with E-state index in [4.69, 9.17) is 5.11 Å². The highest BCUT2D eigenvalue weighted by Gasteiger charge is 2.26. The summed E-state index contributed by atoms with van der Waals surface area (Å²) in [4.78, 5) is 10.8. The van der Waals surface area contributed by atoms with Gasteiger partial charge in [-0.15, -0.1) is 11.3 Å². The van der Waals surface area contributed by atoms with Gasteiger partial charge in [-0.25, -0.2) is 17.9 Å². The monoisotopic (exact) mass is 329 g/mol. The fourth-order valence-corrected chi connectivity index (χ4v) is 4.58. The Hall–Kier alpha value is -1.71. The topological polar surface area (TPSA) is 101 Å². The number of aromatic carboxylic acids is 1. The summed E-state index contributed by atoms with van der Waals surface area (Å²) >= 11 is 0.912. The molecule has 0 fully saturated rings. The predicted octanol–water partition coefficient (Wildman–Crippen LogP) is 1.01. The fraction of sp³-hybridized carbons (Fsp3) is 0.333. The first-order chi connectivity index (χ1) is 9.81. The van der Waals surface area contributed by atoms with Crippen LogP contribution in [0.2, 0.25) is 0 Å². The maximum atomic E-state index is 12.2. The van der Waals surface area contributed by atoms with Crippen molar-refractivity contribution in [2.24, 2.45) is 7.05 Å². The molecule has 0 aromatic carbocycles. The summed E-state index contributed by atoms with van der Waals surface area (Å²) in [6.45, 7) is 1.76. The van der Waals surface area contributed by atoms with Crippen LogP contribution < -0.4 is 4.72 Å². The number of thiophene rings is 1. The molecule has 7 nitrogen and oxygen atoms in total. The summed E-state index contributed by atoms with van der Waals surface area (Å²) < 4.78 is 28.6. The van der Waals surface area contributed by atoms with E-state index < -0.39 is 16.0 Å². The van der Waals surface area contributed by atoms with Crippen LogP contribution in [-0.2, 0) is 23.5 Å². The number of nitrogens with zero attached hydrogens (tertiary/aromatic N) is 2. The van der Waals surface area contributed by atoms with E-state index in [-0.39, 0.29) is 16.3 Å². The first-order valence-electron chi connectivity index (χ1n) is 6.10. The molecule has 0 saturated heterocycles. The van der Waals surface area contributed by atoms with Crippen LogP contribution in [0.15, 0.2) is 22.7 Å². The lowest BCUT2D eigenvalue weighted by Crippen LogP contribution is -2.27. The van der Waals surface area contributed by atoms with E-state index in [0.717, 1.165) is 16.9 Å². The van der Waals surface area contributed by atoms with Crippen LogP contribution in [0.5, 0.6) is 0 Å². The zero-order valence-electron chi connectivity index (χ0n) is 11.5. The van der Waals surface area contributed by atoms with Gasteiger partial charge in [0.2, 0.25) is 10.0 Å². The van der Waals surface area contributed by atoms with E-state index in [1.807, 2.05) is 0 Å². The van der Waals surface area contributed by atoms with E-state index in [0.29, 0.717) is 12.0 Å². The molecule has 0 spiro atoms. The number of carboxylic acid groups (broad SMARTS) is 1. The predicted molar refractivity (Wildman–Crippen MR) is 78.1 cm³/mol. The first-order valence-corrected chi connectivity index (χ1v) is 8.46. The second kappa shape index (κ2) is 5.96. The van der Waals surface area contributed by atoms with Gasteiger partial charge in [0, 0.05) is 19.8 Å². The molecule has 2 heterocycles. The third kappa shape index (κ3) is 3.49. The minimum atomic E-state index is -3.83. The van der Waals surface area contributed by atoms with E-state index in [1.165, 1.54) is 5.38 Å². The lowest BCUT2D eigenvalue weighted by atomic mass is 10.3. The summed E-state index contributed by atoms with van der Waals surface area (Å²) in [7, 11) is -2.05. The molecule has 0 unspecified atom stereocenters. The quantitative estimate of drug-likeness (QED) is 0.823. The molecule has 0 atom stereocenters. The van der Waals surface area contributed by atoms with Crippen LogP contribution in [0.3, 0.4) is 0 Å². The Labute approximate surface area is 126 Å². The van der Waals surface area contributed by atoms with Crippen molar-refractivity contribution in [3.63, 3.8) is 0 Å². The Bertz CT molecular complexity index is 761. The minimum Gasteiger partial charge on any atom is -0.477 e. The van der Waals surface area contributed by atoms with Gasteiger partial charge in [-0.3, -0.25) is 4.68 Å². The Morgan fingerprint density at radius 3 is 2.81 bits per heavy atom. The van der Waals surface area contributed by atoms with Gasteiger partial charge in [0.1, 0.15) is 9.77 Å². The summed E-state index contributed by atoms with van der Waals surface area (Å²) in [6.07, 6.45) is 3.94. The third-order valence-corrected chi connectivity index (χ3v) is 5.71. The second-order valence-electron chi connectivity index (χ2n) is 4.55. The van der Waals surface area contributed by atoms with E-state index in [2.05, 4.69) is 9.82 Å². The first kappa shape index (κ1) is 15.7. The van der Waals surface area contributed by atoms with Crippen molar-refractivity contribution >= 4 is 27.3 Å². The third-order valence-electron chi connectivity index (χ3n) is 2.85. The molecule has 0 saturated carbocycles. The van der Waals surface area contributed by atoms with Crippen molar-refractivity contribution in [2.75, 3.05) is 6.54 Å². The minimum absolute atomic E-state index is 0.147. The molecule has 2 aromatic heterocycles. The molecule has 0 bridgehead atoms. The average Bonchev–Trinajstić information content (AvgIpc) is 2.95. The molecule has 0 radical (unpaired) electrons. The number of aryl methyl sites for hydroxylation is 2. The van der Waals surface area contributed by atoms with Gasteiger partial charge in [-0.05, 0) is 29.9 Å². The Morgan fingerprint density at radius 1 is 1.52 bits per heavy atom. The van der Waals surface area contributed by atoms with Crippen molar-refractivity contribution in [1.82, 2.24) is 14.5 Å². The van der Waals surface area contributed by atoms with Crippen molar-refractivity contribution in [3.05, 3.63) is 33.8 Å². The number of nitrogens with one attached hydrogen (secondary N) is 1. The largest absolute Gasteiger partial charge is 0.477 e.